The Morgan fingerprint density at radius 3 is 2.10 bits per heavy atom. The predicted molar refractivity (Wildman–Crippen MR) is 199 cm³/mol. The van der Waals surface area contributed by atoms with Gasteiger partial charge in [-0.15, -0.1) is 0 Å². The zero-order valence-corrected chi connectivity index (χ0v) is 33.0. The topological polar surface area (TPSA) is 348 Å². The molecule has 0 unspecified atom stereocenters. The van der Waals surface area contributed by atoms with Crippen LogP contribution in [0.5, 0.6) is 17.2 Å². The third kappa shape index (κ3) is 9.46. The number of amides is 3. The van der Waals surface area contributed by atoms with E-state index < -0.39 is 168 Å². The number of phenols is 2. The standard InChI is InChI=1S/C39H43N3O19/c1-14-32(48)19(42-25(46)8-20(37(53)54)40-15(2)43)10-27(60-14)61-23-12-39(57,24(45)13-59-26(47)9-21(38(55)56)41-16(3)44)11-18-29(23)36(52)31-30(34(18)50)33(49)17-6-5-7-22(58-4)28(17)35(31)51/h5-7,14,19-21,23,27,32,48,50,52,57H,8-13H2,1-4H3,(H,40,43)(H,41,44)(H,42,46)(H,53,54)(H,55,56)/t14-,19-,20-,21-,23-,27-,32+,39-/m0/s1. The maximum Gasteiger partial charge on any atom is 0.326 e. The molecule has 0 radical (unpaired) electrons. The van der Waals surface area contributed by atoms with Crippen molar-refractivity contribution in [2.45, 2.75) is 101 Å². The Bertz CT molecular complexity index is 2210. The number of aliphatic hydroxyl groups excluding tert-OH is 1. The lowest BCUT2D eigenvalue weighted by Gasteiger charge is -2.43. The summed E-state index contributed by atoms with van der Waals surface area (Å²) in [6.45, 7) is 2.26. The SMILES string of the molecule is COc1cccc2c1C(=O)c1c(O)c3c(c(O)c1C2=O)C[C@@](O)(C(=O)COC(=O)C[C@H](NC(C)=O)C(=O)O)C[C@@H]3O[C@H]1C[C@H](NC(=O)C[C@H](NC(C)=O)C(=O)O)[C@H](O)[C@H](C)O1. The molecular formula is C39H43N3O19. The lowest BCUT2D eigenvalue weighted by Crippen LogP contribution is -2.56. The zero-order chi connectivity index (χ0) is 45.2. The molecule has 328 valence electrons. The van der Waals surface area contributed by atoms with Crippen LogP contribution in [0.3, 0.4) is 0 Å². The first-order valence-electron chi connectivity index (χ1n) is 18.6. The molecule has 1 saturated heterocycles. The molecule has 2 aromatic carbocycles. The minimum absolute atomic E-state index is 0.0323. The number of hydrogen-bond acceptors (Lipinski definition) is 17. The minimum atomic E-state index is -2.65. The number of nitrogens with one attached hydrogen (secondary N) is 3. The predicted octanol–water partition coefficient (Wildman–Crippen LogP) is -1.33. The smallest absolute Gasteiger partial charge is 0.326 e. The summed E-state index contributed by atoms with van der Waals surface area (Å²) in [6, 6.07) is -0.470. The highest BCUT2D eigenvalue weighted by Gasteiger charge is 2.51. The Hall–Kier alpha value is -6.49. The van der Waals surface area contributed by atoms with E-state index in [0.717, 1.165) is 13.8 Å². The number of carbonyl (C=O) groups excluding carboxylic acids is 7. The molecule has 61 heavy (non-hydrogen) atoms. The summed E-state index contributed by atoms with van der Waals surface area (Å²) < 4.78 is 22.3. The van der Waals surface area contributed by atoms with Crippen LogP contribution in [0.1, 0.15) is 95.5 Å². The largest absolute Gasteiger partial charge is 0.507 e. The Kier molecular flexibility index (Phi) is 13.5. The van der Waals surface area contributed by atoms with Gasteiger partial charge in [-0.2, -0.15) is 0 Å². The zero-order valence-electron chi connectivity index (χ0n) is 33.0. The molecule has 1 aliphatic heterocycles. The van der Waals surface area contributed by atoms with Gasteiger partial charge in [0.25, 0.3) is 0 Å². The fourth-order valence-corrected chi connectivity index (χ4v) is 7.56. The summed E-state index contributed by atoms with van der Waals surface area (Å²) in [7, 11) is 1.24. The number of ether oxygens (including phenoxy) is 4. The van der Waals surface area contributed by atoms with Crippen molar-refractivity contribution in [2.75, 3.05) is 13.7 Å². The van der Waals surface area contributed by atoms with Crippen LogP contribution in [0.4, 0.5) is 0 Å². The van der Waals surface area contributed by atoms with E-state index >= 15 is 0 Å². The van der Waals surface area contributed by atoms with Crippen LogP contribution >= 0.6 is 0 Å². The number of carboxylic acids is 2. The highest BCUT2D eigenvalue weighted by Crippen LogP contribution is 2.52. The summed E-state index contributed by atoms with van der Waals surface area (Å²) in [6.07, 6.45) is -9.47. The summed E-state index contributed by atoms with van der Waals surface area (Å²) >= 11 is 0. The molecule has 5 rings (SSSR count). The minimum Gasteiger partial charge on any atom is -0.507 e. The second kappa shape index (κ2) is 18.0. The van der Waals surface area contributed by atoms with E-state index in [2.05, 4.69) is 10.6 Å². The maximum absolute atomic E-state index is 14.0. The van der Waals surface area contributed by atoms with Crippen molar-refractivity contribution in [1.82, 2.24) is 16.0 Å². The van der Waals surface area contributed by atoms with E-state index in [0.29, 0.717) is 0 Å². The molecule has 8 atom stereocenters. The van der Waals surface area contributed by atoms with Crippen molar-refractivity contribution in [3.8, 4) is 17.2 Å². The number of esters is 1. The van der Waals surface area contributed by atoms with Crippen LogP contribution in [0.15, 0.2) is 18.2 Å². The molecule has 3 amide bonds. The van der Waals surface area contributed by atoms with Crippen LogP contribution in [0, 0.1) is 0 Å². The summed E-state index contributed by atoms with van der Waals surface area (Å²) in [4.78, 5) is 113. The highest BCUT2D eigenvalue weighted by atomic mass is 16.7. The molecule has 2 aromatic rings. The lowest BCUT2D eigenvalue weighted by molar-refractivity contribution is -0.249. The number of aromatic hydroxyl groups is 2. The number of benzene rings is 2. The Morgan fingerprint density at radius 1 is 0.902 bits per heavy atom. The maximum atomic E-state index is 14.0. The number of Topliss-reactive ketones (excluding diaryl/α,β-unsaturated/α-hetero) is 1. The molecule has 0 saturated carbocycles. The van der Waals surface area contributed by atoms with Crippen molar-refractivity contribution in [3.05, 3.63) is 51.6 Å². The molecule has 0 bridgehead atoms. The molecule has 0 aromatic heterocycles. The lowest BCUT2D eigenvalue weighted by atomic mass is 9.72. The molecule has 9 N–H and O–H groups in total. The number of rotatable bonds is 15. The second-order valence-electron chi connectivity index (χ2n) is 14.8. The fourth-order valence-electron chi connectivity index (χ4n) is 7.56. The van der Waals surface area contributed by atoms with E-state index in [1.165, 1.54) is 32.2 Å². The van der Waals surface area contributed by atoms with Crippen LogP contribution < -0.4 is 20.7 Å². The van der Waals surface area contributed by atoms with E-state index in [1.54, 1.807) is 0 Å². The van der Waals surface area contributed by atoms with Gasteiger partial charge in [-0.1, -0.05) is 12.1 Å². The van der Waals surface area contributed by atoms with Crippen molar-refractivity contribution >= 4 is 53.0 Å². The average Bonchev–Trinajstić information content (AvgIpc) is 3.17. The first-order chi connectivity index (χ1) is 28.6. The molecule has 22 heteroatoms. The number of ketones is 3. The van der Waals surface area contributed by atoms with Gasteiger partial charge in [0.05, 0.1) is 54.9 Å². The van der Waals surface area contributed by atoms with Crippen LogP contribution in [-0.4, -0.2) is 140 Å². The Labute approximate surface area is 345 Å². The van der Waals surface area contributed by atoms with E-state index in [1.807, 2.05) is 5.32 Å². The number of aliphatic hydroxyl groups is 2. The Balaban J connectivity index is 1.51. The summed E-state index contributed by atoms with van der Waals surface area (Å²) in [5, 5.41) is 71.9. The van der Waals surface area contributed by atoms with Gasteiger partial charge in [-0.05, 0) is 13.0 Å². The third-order valence-electron chi connectivity index (χ3n) is 10.4. The number of fused-ring (bicyclic) bond motifs is 3. The van der Waals surface area contributed by atoms with Gasteiger partial charge in [0, 0.05) is 49.8 Å². The van der Waals surface area contributed by atoms with Crippen molar-refractivity contribution in [2.24, 2.45) is 0 Å². The third-order valence-corrected chi connectivity index (χ3v) is 10.4. The van der Waals surface area contributed by atoms with E-state index in [9.17, 15) is 73.8 Å². The number of hydrogen-bond donors (Lipinski definition) is 9. The first kappa shape index (κ1) is 45.6. The summed E-state index contributed by atoms with van der Waals surface area (Å²) in [5.74, 6) is -11.7. The second-order valence-corrected chi connectivity index (χ2v) is 14.8. The van der Waals surface area contributed by atoms with Gasteiger partial charge in [0.1, 0.15) is 41.0 Å². The first-order valence-corrected chi connectivity index (χ1v) is 18.6. The molecule has 22 nitrogen and oxygen atoms in total. The van der Waals surface area contributed by atoms with Gasteiger partial charge in [0.15, 0.2) is 18.7 Å². The highest BCUT2D eigenvalue weighted by molar-refractivity contribution is 6.31. The molecule has 1 heterocycles. The van der Waals surface area contributed by atoms with Gasteiger partial charge in [-0.25, -0.2) is 9.59 Å². The van der Waals surface area contributed by atoms with E-state index in [-0.39, 0.29) is 22.4 Å². The monoisotopic (exact) mass is 857 g/mol. The number of carbonyl (C=O) groups is 9. The number of phenolic OH excluding ortho intramolecular Hbond substituents is 2. The average molecular weight is 858 g/mol. The van der Waals surface area contributed by atoms with E-state index in [4.69, 9.17) is 18.9 Å². The number of carboxylic acid groups (broad SMARTS) is 2. The van der Waals surface area contributed by atoms with Crippen molar-refractivity contribution in [1.29, 1.82) is 0 Å². The number of aliphatic carboxylic acids is 2. The van der Waals surface area contributed by atoms with Crippen molar-refractivity contribution < 1.29 is 92.7 Å². The van der Waals surface area contributed by atoms with Crippen LogP contribution in [0.25, 0.3) is 0 Å². The normalized spacial score (nSPS) is 23.8. The summed E-state index contributed by atoms with van der Waals surface area (Å²) in [5.41, 5.74) is -5.22. The van der Waals surface area contributed by atoms with Gasteiger partial charge in [-0.3, -0.25) is 33.6 Å². The van der Waals surface area contributed by atoms with Gasteiger partial charge >= 0.3 is 17.9 Å². The quantitative estimate of drug-likeness (QED) is 0.0631. The van der Waals surface area contributed by atoms with Crippen LogP contribution in [-0.2, 0) is 54.2 Å². The Morgan fingerprint density at radius 2 is 1.51 bits per heavy atom. The molecule has 1 fully saturated rings. The molecular weight excluding hydrogens is 814 g/mol. The molecule has 3 aliphatic rings. The van der Waals surface area contributed by atoms with Gasteiger partial charge < -0.3 is 65.5 Å². The number of methoxy groups -OCH3 is 1. The van der Waals surface area contributed by atoms with Crippen molar-refractivity contribution in [3.63, 3.8) is 0 Å². The molecule has 0 spiro atoms. The van der Waals surface area contributed by atoms with Gasteiger partial charge in [0.2, 0.25) is 29.3 Å². The van der Waals surface area contributed by atoms with Crippen LogP contribution in [0.2, 0.25) is 0 Å². The molecule has 2 aliphatic carbocycles. The fraction of sp³-hybridized carbons (Fsp3) is 0.462.